The Balaban J connectivity index is 1.73. The molecule has 8 heteroatoms. The van der Waals surface area contributed by atoms with Gasteiger partial charge in [-0.2, -0.15) is 13.2 Å². The summed E-state index contributed by atoms with van der Waals surface area (Å²) in [5, 5.41) is 2.48. The van der Waals surface area contributed by atoms with Crippen molar-refractivity contribution < 1.29 is 18.0 Å². The molecule has 0 bridgehead atoms. The van der Waals surface area contributed by atoms with E-state index in [1.54, 1.807) is 6.07 Å². The normalized spacial score (nSPS) is 15.8. The summed E-state index contributed by atoms with van der Waals surface area (Å²) in [5.74, 6) is -0.541. The van der Waals surface area contributed by atoms with Crippen molar-refractivity contribution in [3.63, 3.8) is 0 Å². The molecule has 1 amide bonds. The molecule has 1 aliphatic heterocycles. The lowest BCUT2D eigenvalue weighted by Crippen LogP contribution is -2.44. The molecular formula is C18H19F3N4O. The van der Waals surface area contributed by atoms with Crippen LogP contribution < -0.4 is 10.2 Å². The van der Waals surface area contributed by atoms with E-state index in [4.69, 9.17) is 0 Å². The second-order valence-electron chi connectivity index (χ2n) is 6.22. The van der Waals surface area contributed by atoms with Crippen LogP contribution >= 0.6 is 0 Å². The smallest absolute Gasteiger partial charge is 0.369 e. The number of nitrogens with zero attached hydrogens (tertiary/aromatic N) is 3. The molecule has 2 heterocycles. The van der Waals surface area contributed by atoms with Crippen LogP contribution in [0.3, 0.4) is 0 Å². The van der Waals surface area contributed by atoms with Crippen molar-refractivity contribution in [2.24, 2.45) is 0 Å². The maximum absolute atomic E-state index is 12.8. The van der Waals surface area contributed by atoms with Gasteiger partial charge in [-0.1, -0.05) is 6.07 Å². The molecule has 1 saturated heterocycles. The summed E-state index contributed by atoms with van der Waals surface area (Å²) in [6, 6.07) is 8.02. The Kier molecular flexibility index (Phi) is 5.13. The first kappa shape index (κ1) is 18.2. The molecule has 1 aromatic carbocycles. The van der Waals surface area contributed by atoms with Crippen LogP contribution in [0.2, 0.25) is 0 Å². The number of anilines is 2. The van der Waals surface area contributed by atoms with Crippen molar-refractivity contribution in [1.82, 2.24) is 9.88 Å². The number of likely N-dealkylation sites (N-methyl/N-ethyl adjacent to an activating group) is 1. The second kappa shape index (κ2) is 7.33. The number of pyridine rings is 1. The standard InChI is InChI=1S/C18H19F3N4O/c1-24-7-9-25(10-8-24)15-5-6-22-16(12-15)17(26)23-14-4-2-3-13(11-14)18(19,20)21/h2-6,11-12H,7-10H2,1H3,(H,23,26). The maximum atomic E-state index is 12.8. The number of piperazine rings is 1. The molecule has 0 radical (unpaired) electrons. The van der Waals surface area contributed by atoms with E-state index >= 15 is 0 Å². The Hall–Kier alpha value is -2.61. The molecule has 138 valence electrons. The van der Waals surface area contributed by atoms with Gasteiger partial charge in [0.2, 0.25) is 0 Å². The van der Waals surface area contributed by atoms with Gasteiger partial charge in [0.1, 0.15) is 5.69 Å². The van der Waals surface area contributed by atoms with E-state index in [-0.39, 0.29) is 11.4 Å². The molecule has 1 aliphatic rings. The molecule has 1 fully saturated rings. The molecule has 1 N–H and O–H groups in total. The van der Waals surface area contributed by atoms with Crippen LogP contribution in [-0.4, -0.2) is 49.0 Å². The van der Waals surface area contributed by atoms with E-state index in [1.807, 2.05) is 6.07 Å². The Morgan fingerprint density at radius 3 is 2.54 bits per heavy atom. The lowest BCUT2D eigenvalue weighted by molar-refractivity contribution is -0.137. The molecule has 0 atom stereocenters. The van der Waals surface area contributed by atoms with Crippen molar-refractivity contribution in [3.8, 4) is 0 Å². The number of hydrogen-bond acceptors (Lipinski definition) is 4. The topological polar surface area (TPSA) is 48.5 Å². The van der Waals surface area contributed by atoms with Crippen LogP contribution in [0.4, 0.5) is 24.5 Å². The summed E-state index contributed by atoms with van der Waals surface area (Å²) in [6.07, 6.45) is -2.92. The fourth-order valence-electron chi connectivity index (χ4n) is 2.77. The first-order chi connectivity index (χ1) is 12.3. The number of alkyl halides is 3. The molecule has 1 aromatic heterocycles. The first-order valence-corrected chi connectivity index (χ1v) is 8.21. The van der Waals surface area contributed by atoms with Crippen molar-refractivity contribution >= 4 is 17.3 Å². The van der Waals surface area contributed by atoms with E-state index in [2.05, 4.69) is 27.1 Å². The summed E-state index contributed by atoms with van der Waals surface area (Å²) in [7, 11) is 2.05. The van der Waals surface area contributed by atoms with Gasteiger partial charge in [0.25, 0.3) is 5.91 Å². The SMILES string of the molecule is CN1CCN(c2ccnc(C(=O)Nc3cccc(C(F)(F)F)c3)c2)CC1. The van der Waals surface area contributed by atoms with E-state index in [0.717, 1.165) is 44.0 Å². The summed E-state index contributed by atoms with van der Waals surface area (Å²) in [6.45, 7) is 3.53. The van der Waals surface area contributed by atoms with E-state index in [0.29, 0.717) is 0 Å². The van der Waals surface area contributed by atoms with E-state index < -0.39 is 17.6 Å². The third-order valence-corrected chi connectivity index (χ3v) is 4.29. The third kappa shape index (κ3) is 4.32. The van der Waals surface area contributed by atoms with Crippen molar-refractivity contribution in [2.75, 3.05) is 43.4 Å². The minimum Gasteiger partial charge on any atom is -0.369 e. The zero-order valence-corrected chi connectivity index (χ0v) is 14.3. The number of aromatic nitrogens is 1. The molecule has 2 aromatic rings. The number of carbonyl (C=O) groups is 1. The van der Waals surface area contributed by atoms with Gasteiger partial charge in [-0.15, -0.1) is 0 Å². The summed E-state index contributed by atoms with van der Waals surface area (Å²) >= 11 is 0. The van der Waals surface area contributed by atoms with Crippen molar-refractivity contribution in [1.29, 1.82) is 0 Å². The van der Waals surface area contributed by atoms with Crippen LogP contribution in [0.15, 0.2) is 42.6 Å². The highest BCUT2D eigenvalue weighted by Gasteiger charge is 2.30. The lowest BCUT2D eigenvalue weighted by atomic mass is 10.2. The predicted molar refractivity (Wildman–Crippen MR) is 93.3 cm³/mol. The summed E-state index contributed by atoms with van der Waals surface area (Å²) < 4.78 is 38.3. The van der Waals surface area contributed by atoms with Gasteiger partial charge in [-0.25, -0.2) is 0 Å². The number of carbonyl (C=O) groups excluding carboxylic acids is 1. The van der Waals surface area contributed by atoms with Crippen molar-refractivity contribution in [3.05, 3.63) is 53.9 Å². The lowest BCUT2D eigenvalue weighted by Gasteiger charge is -2.34. The summed E-state index contributed by atoms with van der Waals surface area (Å²) in [5.41, 5.74) is 0.312. The minimum absolute atomic E-state index is 0.0802. The molecule has 3 rings (SSSR count). The van der Waals surface area contributed by atoms with Gasteiger partial charge in [0.15, 0.2) is 0 Å². The Bertz CT molecular complexity index is 786. The highest BCUT2D eigenvalue weighted by Crippen LogP contribution is 2.30. The fourth-order valence-corrected chi connectivity index (χ4v) is 2.77. The zero-order chi connectivity index (χ0) is 18.7. The van der Waals surface area contributed by atoms with Crippen LogP contribution in [0, 0.1) is 0 Å². The van der Waals surface area contributed by atoms with Gasteiger partial charge in [-0.05, 0) is 37.4 Å². The average molecular weight is 364 g/mol. The van der Waals surface area contributed by atoms with E-state index in [9.17, 15) is 18.0 Å². The maximum Gasteiger partial charge on any atom is 0.416 e. The number of halogens is 3. The summed E-state index contributed by atoms with van der Waals surface area (Å²) in [4.78, 5) is 20.8. The van der Waals surface area contributed by atoms with Gasteiger partial charge >= 0.3 is 6.18 Å². The fraction of sp³-hybridized carbons (Fsp3) is 0.333. The van der Waals surface area contributed by atoms with Gasteiger partial charge in [0, 0.05) is 43.8 Å². The van der Waals surface area contributed by atoms with E-state index in [1.165, 1.54) is 18.3 Å². The highest BCUT2D eigenvalue weighted by atomic mass is 19.4. The second-order valence-corrected chi connectivity index (χ2v) is 6.22. The predicted octanol–water partition coefficient (Wildman–Crippen LogP) is 3.10. The molecule has 0 saturated carbocycles. The molecule has 0 unspecified atom stereocenters. The first-order valence-electron chi connectivity index (χ1n) is 8.21. The van der Waals surface area contributed by atoms with Gasteiger partial charge < -0.3 is 15.1 Å². The zero-order valence-electron chi connectivity index (χ0n) is 14.3. The number of hydrogen-bond donors (Lipinski definition) is 1. The monoisotopic (exact) mass is 364 g/mol. The third-order valence-electron chi connectivity index (χ3n) is 4.29. The van der Waals surface area contributed by atoms with Crippen LogP contribution in [0.1, 0.15) is 16.1 Å². The molecular weight excluding hydrogens is 345 g/mol. The number of benzene rings is 1. The Morgan fingerprint density at radius 2 is 1.85 bits per heavy atom. The molecule has 26 heavy (non-hydrogen) atoms. The number of rotatable bonds is 3. The largest absolute Gasteiger partial charge is 0.416 e. The van der Waals surface area contributed by atoms with Crippen LogP contribution in [-0.2, 0) is 6.18 Å². The quantitative estimate of drug-likeness (QED) is 0.909. The van der Waals surface area contributed by atoms with Crippen LogP contribution in [0.25, 0.3) is 0 Å². The highest BCUT2D eigenvalue weighted by molar-refractivity contribution is 6.03. The Labute approximate surface area is 149 Å². The van der Waals surface area contributed by atoms with Gasteiger partial charge in [0.05, 0.1) is 5.56 Å². The Morgan fingerprint density at radius 1 is 1.12 bits per heavy atom. The average Bonchev–Trinajstić information content (AvgIpc) is 2.62. The minimum atomic E-state index is -4.46. The molecule has 5 nitrogen and oxygen atoms in total. The van der Waals surface area contributed by atoms with Crippen molar-refractivity contribution in [2.45, 2.75) is 6.18 Å². The van der Waals surface area contributed by atoms with Crippen LogP contribution in [0.5, 0.6) is 0 Å². The molecule has 0 aliphatic carbocycles. The number of amides is 1. The number of nitrogens with one attached hydrogen (secondary N) is 1. The molecule has 0 spiro atoms. The van der Waals surface area contributed by atoms with Gasteiger partial charge in [-0.3, -0.25) is 9.78 Å².